The molecule has 2 N–H and O–H groups in total. The maximum atomic E-state index is 11.2. The van der Waals surface area contributed by atoms with E-state index in [1.165, 1.54) is 7.11 Å². The molecule has 3 rings (SSSR count). The fourth-order valence-electron chi connectivity index (χ4n) is 2.47. The SMILES string of the molecule is COc1ccc2c(c1C(=O)O)OB(O)[C@H]1C[C@@H]21. The number of carboxylic acids is 1. The zero-order valence-electron chi connectivity index (χ0n) is 9.21. The predicted molar refractivity (Wildman–Crippen MR) is 59.7 cm³/mol. The second-order valence-electron chi connectivity index (χ2n) is 4.38. The van der Waals surface area contributed by atoms with Crippen molar-refractivity contribution >= 4 is 13.1 Å². The number of benzene rings is 1. The third-order valence-electron chi connectivity index (χ3n) is 3.43. The number of hydrogen-bond acceptors (Lipinski definition) is 4. The van der Waals surface area contributed by atoms with Crippen molar-refractivity contribution in [3.8, 4) is 11.5 Å². The molecule has 1 heterocycles. The van der Waals surface area contributed by atoms with Gasteiger partial charge in [-0.15, -0.1) is 0 Å². The first-order valence-electron chi connectivity index (χ1n) is 5.42. The molecule has 0 saturated heterocycles. The Morgan fingerprint density at radius 3 is 3.00 bits per heavy atom. The van der Waals surface area contributed by atoms with Gasteiger partial charge in [0.2, 0.25) is 0 Å². The van der Waals surface area contributed by atoms with Gasteiger partial charge in [0.25, 0.3) is 0 Å². The molecule has 1 aromatic rings. The van der Waals surface area contributed by atoms with Gasteiger partial charge in [0, 0.05) is 5.82 Å². The normalized spacial score (nSPS) is 24.5. The average molecular weight is 234 g/mol. The highest BCUT2D eigenvalue weighted by atomic mass is 16.5. The molecule has 5 nitrogen and oxygen atoms in total. The van der Waals surface area contributed by atoms with Gasteiger partial charge in [0.05, 0.1) is 7.11 Å². The van der Waals surface area contributed by atoms with Crippen molar-refractivity contribution in [2.75, 3.05) is 7.11 Å². The van der Waals surface area contributed by atoms with Gasteiger partial charge in [-0.05, 0) is 24.0 Å². The van der Waals surface area contributed by atoms with Crippen molar-refractivity contribution < 1.29 is 24.3 Å². The van der Waals surface area contributed by atoms with Gasteiger partial charge in [-0.3, -0.25) is 0 Å². The van der Waals surface area contributed by atoms with Gasteiger partial charge in [-0.25, -0.2) is 4.79 Å². The van der Waals surface area contributed by atoms with Crippen LogP contribution in [0.3, 0.4) is 0 Å². The van der Waals surface area contributed by atoms with Crippen LogP contribution < -0.4 is 9.39 Å². The third kappa shape index (κ3) is 1.40. The first kappa shape index (κ1) is 10.5. The molecule has 0 unspecified atom stereocenters. The maximum Gasteiger partial charge on any atom is 0.526 e. The maximum absolute atomic E-state index is 11.2. The van der Waals surface area contributed by atoms with Gasteiger partial charge in [0.15, 0.2) is 0 Å². The number of hydrogen-bond donors (Lipinski definition) is 2. The third-order valence-corrected chi connectivity index (χ3v) is 3.43. The molecule has 1 aliphatic carbocycles. The van der Waals surface area contributed by atoms with E-state index in [1.54, 1.807) is 6.07 Å². The second-order valence-corrected chi connectivity index (χ2v) is 4.38. The average Bonchev–Trinajstić information content (AvgIpc) is 3.08. The lowest BCUT2D eigenvalue weighted by Gasteiger charge is -2.22. The standard InChI is InChI=1S/C11H11BO5/c1-16-8-3-2-5-6-4-7(6)12(15)17-10(5)9(8)11(13)14/h2-3,6-7,15H,4H2,1H3,(H,13,14)/t6-,7-/m0/s1. The van der Waals surface area contributed by atoms with Crippen molar-refractivity contribution in [1.82, 2.24) is 0 Å². The first-order valence-corrected chi connectivity index (χ1v) is 5.42. The summed E-state index contributed by atoms with van der Waals surface area (Å²) in [7, 11) is 0.505. The molecular weight excluding hydrogens is 223 g/mol. The van der Waals surface area contributed by atoms with Crippen molar-refractivity contribution in [3.63, 3.8) is 0 Å². The lowest BCUT2D eigenvalue weighted by Crippen LogP contribution is -2.27. The van der Waals surface area contributed by atoms with Crippen molar-refractivity contribution in [1.29, 1.82) is 0 Å². The molecule has 2 aliphatic rings. The quantitative estimate of drug-likeness (QED) is 0.750. The van der Waals surface area contributed by atoms with E-state index in [0.29, 0.717) is 0 Å². The van der Waals surface area contributed by atoms with E-state index in [1.807, 2.05) is 6.07 Å². The van der Waals surface area contributed by atoms with Crippen LogP contribution in [-0.4, -0.2) is 30.3 Å². The molecule has 6 heteroatoms. The van der Waals surface area contributed by atoms with E-state index in [0.717, 1.165) is 12.0 Å². The number of carbonyl (C=O) groups is 1. The van der Waals surface area contributed by atoms with Crippen LogP contribution in [0.1, 0.15) is 28.3 Å². The minimum Gasteiger partial charge on any atom is -0.535 e. The van der Waals surface area contributed by atoms with E-state index < -0.39 is 13.1 Å². The molecule has 1 aromatic carbocycles. The van der Waals surface area contributed by atoms with Crippen LogP contribution in [0, 0.1) is 0 Å². The zero-order valence-corrected chi connectivity index (χ0v) is 9.21. The topological polar surface area (TPSA) is 76.0 Å². The van der Waals surface area contributed by atoms with Gasteiger partial charge in [-0.1, -0.05) is 6.07 Å². The highest BCUT2D eigenvalue weighted by molar-refractivity contribution is 6.48. The Hall–Kier alpha value is -1.69. The van der Waals surface area contributed by atoms with Crippen LogP contribution >= 0.6 is 0 Å². The minimum absolute atomic E-state index is 0.00519. The van der Waals surface area contributed by atoms with E-state index >= 15 is 0 Å². The Morgan fingerprint density at radius 2 is 2.35 bits per heavy atom. The Bertz CT molecular complexity index is 501. The summed E-state index contributed by atoms with van der Waals surface area (Å²) in [6.07, 6.45) is 0.847. The zero-order chi connectivity index (χ0) is 12.2. The van der Waals surface area contributed by atoms with Gasteiger partial charge in [-0.2, -0.15) is 0 Å². The van der Waals surface area contributed by atoms with Crippen LogP contribution in [0.5, 0.6) is 11.5 Å². The van der Waals surface area contributed by atoms with Crippen molar-refractivity contribution in [2.45, 2.75) is 18.2 Å². The summed E-state index contributed by atoms with van der Waals surface area (Å²) < 4.78 is 10.3. The smallest absolute Gasteiger partial charge is 0.526 e. The summed E-state index contributed by atoms with van der Waals surface area (Å²) in [5, 5.41) is 18.9. The van der Waals surface area contributed by atoms with E-state index in [2.05, 4.69) is 0 Å². The Kier molecular flexibility index (Phi) is 2.09. The summed E-state index contributed by atoms with van der Waals surface area (Å²) in [5.41, 5.74) is 0.855. The summed E-state index contributed by atoms with van der Waals surface area (Å²) in [5.74, 6) is -0.272. The number of aromatic carboxylic acids is 1. The van der Waals surface area contributed by atoms with Gasteiger partial charge in [0.1, 0.15) is 17.1 Å². The van der Waals surface area contributed by atoms with Crippen molar-refractivity contribution in [3.05, 3.63) is 23.3 Å². The molecular formula is C11H11BO5. The largest absolute Gasteiger partial charge is 0.535 e. The van der Waals surface area contributed by atoms with Gasteiger partial charge >= 0.3 is 13.1 Å². The summed E-state index contributed by atoms with van der Waals surface area (Å²) >= 11 is 0. The Balaban J connectivity index is 2.18. The van der Waals surface area contributed by atoms with E-state index in [4.69, 9.17) is 9.39 Å². The molecule has 0 bridgehead atoms. The fraction of sp³-hybridized carbons (Fsp3) is 0.364. The molecule has 88 valence electrons. The van der Waals surface area contributed by atoms with Crippen LogP contribution in [0.2, 0.25) is 5.82 Å². The first-order chi connectivity index (χ1) is 8.13. The lowest BCUT2D eigenvalue weighted by molar-refractivity contribution is 0.0690. The Morgan fingerprint density at radius 1 is 1.59 bits per heavy atom. The lowest BCUT2D eigenvalue weighted by atomic mass is 9.77. The monoisotopic (exact) mass is 234 g/mol. The molecule has 1 aliphatic heterocycles. The van der Waals surface area contributed by atoms with Crippen LogP contribution in [0.15, 0.2) is 12.1 Å². The highest BCUT2D eigenvalue weighted by Crippen LogP contribution is 2.60. The van der Waals surface area contributed by atoms with Gasteiger partial charge < -0.3 is 19.5 Å². The van der Waals surface area contributed by atoms with Crippen molar-refractivity contribution in [2.24, 2.45) is 0 Å². The highest BCUT2D eigenvalue weighted by Gasteiger charge is 2.54. The van der Waals surface area contributed by atoms with Crippen LogP contribution in [0.25, 0.3) is 0 Å². The molecule has 1 saturated carbocycles. The molecule has 1 fully saturated rings. The van der Waals surface area contributed by atoms with E-state index in [-0.39, 0.29) is 28.8 Å². The molecule has 0 spiro atoms. The molecule has 0 radical (unpaired) electrons. The molecule has 17 heavy (non-hydrogen) atoms. The number of rotatable bonds is 2. The Labute approximate surface area is 98.1 Å². The van der Waals surface area contributed by atoms with Crippen LogP contribution in [0.4, 0.5) is 0 Å². The minimum atomic E-state index is -1.11. The second kappa shape index (κ2) is 3.40. The molecule has 0 aromatic heterocycles. The van der Waals surface area contributed by atoms with E-state index in [9.17, 15) is 14.9 Å². The summed E-state index contributed by atoms with van der Waals surface area (Å²) in [6.45, 7) is 0. The van der Waals surface area contributed by atoms with Crippen LogP contribution in [-0.2, 0) is 0 Å². The fourth-order valence-corrected chi connectivity index (χ4v) is 2.47. The predicted octanol–water partition coefficient (Wildman–Crippen LogP) is 1.12. The number of fused-ring (bicyclic) bond motifs is 3. The number of carboxylic acid groups (broad SMARTS) is 1. The summed E-state index contributed by atoms with van der Waals surface area (Å²) in [6, 6.07) is 3.45. The molecule has 2 atom stereocenters. The summed E-state index contributed by atoms with van der Waals surface area (Å²) in [4.78, 5) is 11.2. The number of ether oxygens (including phenoxy) is 1. The molecule has 0 amide bonds. The number of methoxy groups -OCH3 is 1.